The number of hydrogen-bond donors (Lipinski definition) is 1. The van der Waals surface area contributed by atoms with Gasteiger partial charge in [-0.3, -0.25) is 9.59 Å². The van der Waals surface area contributed by atoms with Crippen LogP contribution in [0.4, 0.5) is 13.2 Å². The second-order valence-electron chi connectivity index (χ2n) is 3.56. The number of fused-ring (bicyclic) bond motifs is 1. The first-order chi connectivity index (χ1) is 8.32. The molecule has 0 fully saturated rings. The zero-order valence-electron chi connectivity index (χ0n) is 9.00. The molecule has 5 nitrogen and oxygen atoms in total. The molecule has 0 aliphatic rings. The van der Waals surface area contributed by atoms with E-state index in [0.29, 0.717) is 0 Å². The highest BCUT2D eigenvalue weighted by Gasteiger charge is 2.36. The summed E-state index contributed by atoms with van der Waals surface area (Å²) in [6.07, 6.45) is -4.77. The van der Waals surface area contributed by atoms with E-state index >= 15 is 0 Å². The Bertz CT molecular complexity index is 691. The molecular weight excluding hydrogens is 251 g/mol. The van der Waals surface area contributed by atoms with Gasteiger partial charge in [0.25, 0.3) is 5.56 Å². The Morgan fingerprint density at radius 2 is 2.00 bits per heavy atom. The van der Waals surface area contributed by atoms with Crippen LogP contribution in [0.15, 0.2) is 10.9 Å². The first-order valence-corrected chi connectivity index (χ1v) is 4.77. The molecule has 0 saturated heterocycles. The molecule has 0 radical (unpaired) electrons. The van der Waals surface area contributed by atoms with Crippen LogP contribution in [-0.4, -0.2) is 21.2 Å². The molecule has 0 aliphatic carbocycles. The first-order valence-electron chi connectivity index (χ1n) is 4.77. The Hall–Kier alpha value is -2.25. The monoisotopic (exact) mass is 257 g/mol. The summed E-state index contributed by atoms with van der Waals surface area (Å²) in [7, 11) is 0. The molecule has 0 saturated carbocycles. The highest BCUT2D eigenvalue weighted by molar-refractivity contribution is 5.85. The number of carbonyl (C=O) groups excluding carboxylic acids is 1. The molecule has 0 aliphatic heterocycles. The zero-order valence-corrected chi connectivity index (χ0v) is 9.00. The number of aromatic amines is 1. The number of alkyl halides is 3. The third-order valence-corrected chi connectivity index (χ3v) is 2.24. The lowest BCUT2D eigenvalue weighted by molar-refractivity contribution is -0.141. The second kappa shape index (κ2) is 3.90. The van der Waals surface area contributed by atoms with Gasteiger partial charge in [-0.2, -0.15) is 13.2 Å². The fourth-order valence-corrected chi connectivity index (χ4v) is 1.51. The number of aromatic nitrogens is 3. The SMILES string of the molecule is Cc1nc2nc(C(F)(F)F)c(C=O)cc2c(=O)[nH]1. The highest BCUT2D eigenvalue weighted by Crippen LogP contribution is 2.30. The maximum Gasteiger partial charge on any atom is 0.434 e. The fraction of sp³-hybridized carbons (Fsp3) is 0.200. The molecule has 0 bridgehead atoms. The van der Waals surface area contributed by atoms with E-state index in [1.807, 2.05) is 0 Å². The Labute approximate surface area is 97.7 Å². The predicted molar refractivity (Wildman–Crippen MR) is 55.3 cm³/mol. The van der Waals surface area contributed by atoms with Gasteiger partial charge in [-0.1, -0.05) is 0 Å². The normalized spacial score (nSPS) is 11.8. The van der Waals surface area contributed by atoms with Crippen molar-refractivity contribution in [2.75, 3.05) is 0 Å². The third-order valence-electron chi connectivity index (χ3n) is 2.24. The molecular formula is C10H6F3N3O2. The zero-order chi connectivity index (χ0) is 13.5. The Balaban J connectivity index is 2.90. The van der Waals surface area contributed by atoms with Crippen molar-refractivity contribution in [1.29, 1.82) is 0 Å². The van der Waals surface area contributed by atoms with Gasteiger partial charge < -0.3 is 4.98 Å². The predicted octanol–water partition coefficient (Wildman–Crippen LogP) is 1.46. The van der Waals surface area contributed by atoms with E-state index in [4.69, 9.17) is 0 Å². The van der Waals surface area contributed by atoms with Crippen LogP contribution in [0.2, 0.25) is 0 Å². The van der Waals surface area contributed by atoms with Crippen molar-refractivity contribution in [2.45, 2.75) is 13.1 Å². The molecule has 2 aromatic rings. The van der Waals surface area contributed by atoms with E-state index in [0.717, 1.165) is 6.07 Å². The number of aldehydes is 1. The van der Waals surface area contributed by atoms with Gasteiger partial charge in [0, 0.05) is 5.56 Å². The quantitative estimate of drug-likeness (QED) is 0.784. The minimum atomic E-state index is -4.78. The van der Waals surface area contributed by atoms with Gasteiger partial charge in [-0.25, -0.2) is 9.97 Å². The molecule has 0 aromatic carbocycles. The molecule has 0 unspecified atom stereocenters. The Morgan fingerprint density at radius 1 is 1.33 bits per heavy atom. The average Bonchev–Trinajstić information content (AvgIpc) is 2.26. The molecule has 0 spiro atoms. The summed E-state index contributed by atoms with van der Waals surface area (Å²) in [6.45, 7) is 1.42. The van der Waals surface area contributed by atoms with Crippen molar-refractivity contribution in [1.82, 2.24) is 15.0 Å². The Kier molecular flexibility index (Phi) is 2.64. The molecule has 2 aromatic heterocycles. The van der Waals surface area contributed by atoms with Gasteiger partial charge in [0.15, 0.2) is 17.6 Å². The molecule has 18 heavy (non-hydrogen) atoms. The smallest absolute Gasteiger partial charge is 0.310 e. The van der Waals surface area contributed by atoms with Crippen molar-refractivity contribution < 1.29 is 18.0 Å². The van der Waals surface area contributed by atoms with Gasteiger partial charge in [-0.05, 0) is 13.0 Å². The summed E-state index contributed by atoms with van der Waals surface area (Å²) in [5.74, 6) is 0.145. The maximum absolute atomic E-state index is 12.6. The van der Waals surface area contributed by atoms with Crippen molar-refractivity contribution in [2.24, 2.45) is 0 Å². The number of hydrogen-bond acceptors (Lipinski definition) is 4. The largest absolute Gasteiger partial charge is 0.434 e. The standard InChI is InChI=1S/C10H6F3N3O2/c1-4-14-8-6(9(18)15-4)2-5(3-17)7(16-8)10(11,12)13/h2-3H,1H3,(H,14,15,16,18). The van der Waals surface area contributed by atoms with Crippen LogP contribution in [0.5, 0.6) is 0 Å². The van der Waals surface area contributed by atoms with E-state index in [-0.39, 0.29) is 23.1 Å². The second-order valence-corrected chi connectivity index (χ2v) is 3.56. The van der Waals surface area contributed by atoms with E-state index in [2.05, 4.69) is 15.0 Å². The minimum absolute atomic E-state index is 0.00849. The lowest BCUT2D eigenvalue weighted by Gasteiger charge is -2.09. The van der Waals surface area contributed by atoms with Crippen molar-refractivity contribution >= 4 is 17.3 Å². The van der Waals surface area contributed by atoms with E-state index < -0.39 is 23.0 Å². The summed E-state index contributed by atoms with van der Waals surface area (Å²) in [6, 6.07) is 0.837. The van der Waals surface area contributed by atoms with E-state index in [1.54, 1.807) is 0 Å². The molecule has 0 atom stereocenters. The number of halogens is 3. The average molecular weight is 257 g/mol. The van der Waals surface area contributed by atoms with Gasteiger partial charge in [-0.15, -0.1) is 0 Å². The fourth-order valence-electron chi connectivity index (χ4n) is 1.51. The number of nitrogens with one attached hydrogen (secondary N) is 1. The lowest BCUT2D eigenvalue weighted by atomic mass is 10.1. The van der Waals surface area contributed by atoms with Crippen LogP contribution in [0.25, 0.3) is 11.0 Å². The van der Waals surface area contributed by atoms with Crippen molar-refractivity contribution in [3.63, 3.8) is 0 Å². The van der Waals surface area contributed by atoms with Gasteiger partial charge >= 0.3 is 6.18 Å². The molecule has 1 N–H and O–H groups in total. The molecule has 8 heteroatoms. The Morgan fingerprint density at radius 3 is 2.56 bits per heavy atom. The third kappa shape index (κ3) is 1.96. The van der Waals surface area contributed by atoms with Gasteiger partial charge in [0.2, 0.25) is 0 Å². The van der Waals surface area contributed by atoms with Crippen LogP contribution in [0.3, 0.4) is 0 Å². The summed E-state index contributed by atoms with van der Waals surface area (Å²) in [5.41, 5.74) is -3.01. The number of nitrogens with zero attached hydrogens (tertiary/aromatic N) is 2. The summed E-state index contributed by atoms with van der Waals surface area (Å²) in [5, 5.41) is -0.157. The van der Waals surface area contributed by atoms with Gasteiger partial charge in [0.1, 0.15) is 5.82 Å². The summed E-state index contributed by atoms with van der Waals surface area (Å²) < 4.78 is 37.9. The number of H-pyrrole nitrogens is 1. The lowest BCUT2D eigenvalue weighted by Crippen LogP contribution is -2.16. The first kappa shape index (κ1) is 12.2. The summed E-state index contributed by atoms with van der Waals surface area (Å²) in [4.78, 5) is 31.4. The number of aryl methyl sites for hydroxylation is 1. The molecule has 2 rings (SSSR count). The van der Waals surface area contributed by atoms with Gasteiger partial charge in [0.05, 0.1) is 5.39 Å². The molecule has 94 valence electrons. The van der Waals surface area contributed by atoms with E-state index in [1.165, 1.54) is 6.92 Å². The van der Waals surface area contributed by atoms with Crippen LogP contribution >= 0.6 is 0 Å². The van der Waals surface area contributed by atoms with Crippen LogP contribution in [0, 0.1) is 6.92 Å². The van der Waals surface area contributed by atoms with Crippen LogP contribution < -0.4 is 5.56 Å². The highest BCUT2D eigenvalue weighted by atomic mass is 19.4. The minimum Gasteiger partial charge on any atom is -0.310 e. The molecule has 2 heterocycles. The van der Waals surface area contributed by atoms with Crippen molar-refractivity contribution in [3.05, 3.63) is 33.5 Å². The van der Waals surface area contributed by atoms with Crippen LogP contribution in [-0.2, 0) is 6.18 Å². The number of pyridine rings is 1. The summed E-state index contributed by atoms with van der Waals surface area (Å²) >= 11 is 0. The van der Waals surface area contributed by atoms with E-state index in [9.17, 15) is 22.8 Å². The number of carbonyl (C=O) groups is 1. The topological polar surface area (TPSA) is 75.7 Å². The number of rotatable bonds is 1. The van der Waals surface area contributed by atoms with Crippen LogP contribution in [0.1, 0.15) is 21.9 Å². The maximum atomic E-state index is 12.6. The molecule has 0 amide bonds. The van der Waals surface area contributed by atoms with Crippen molar-refractivity contribution in [3.8, 4) is 0 Å².